The number of thiophene rings is 1. The number of aryl methyl sites for hydroxylation is 1. The van der Waals surface area contributed by atoms with E-state index < -0.39 is 0 Å². The second-order valence-corrected chi connectivity index (χ2v) is 4.48. The van der Waals surface area contributed by atoms with Crippen molar-refractivity contribution in [2.24, 2.45) is 0 Å². The number of thiol groups is 1. The molecule has 0 saturated carbocycles. The molecule has 1 nitrogen and oxygen atoms in total. The predicted octanol–water partition coefficient (Wildman–Crippen LogP) is 3.46. The fourth-order valence-corrected chi connectivity index (χ4v) is 2.61. The van der Waals surface area contributed by atoms with Gasteiger partial charge in [0.15, 0.2) is 5.06 Å². The Labute approximate surface area is 86.4 Å². The summed E-state index contributed by atoms with van der Waals surface area (Å²) in [5, 5.41) is 10.8. The van der Waals surface area contributed by atoms with Gasteiger partial charge < -0.3 is 5.11 Å². The highest BCUT2D eigenvalue weighted by Crippen LogP contribution is 2.35. The number of hydrogen-bond acceptors (Lipinski definition) is 3. The third-order valence-corrected chi connectivity index (χ3v) is 3.54. The molecule has 13 heavy (non-hydrogen) atoms. The van der Waals surface area contributed by atoms with Crippen molar-refractivity contribution in [2.75, 3.05) is 0 Å². The van der Waals surface area contributed by atoms with Crippen LogP contribution >= 0.6 is 24.0 Å². The van der Waals surface area contributed by atoms with Gasteiger partial charge in [0, 0.05) is 4.90 Å². The van der Waals surface area contributed by atoms with Gasteiger partial charge in [0.2, 0.25) is 0 Å². The summed E-state index contributed by atoms with van der Waals surface area (Å²) < 4.78 is 1.07. The van der Waals surface area contributed by atoms with Crippen LogP contribution in [0, 0.1) is 0 Å². The van der Waals surface area contributed by atoms with Crippen molar-refractivity contribution in [3.63, 3.8) is 0 Å². The number of rotatable bonds is 1. The quantitative estimate of drug-likeness (QED) is 0.691. The highest BCUT2D eigenvalue weighted by atomic mass is 32.1. The van der Waals surface area contributed by atoms with Crippen molar-refractivity contribution in [1.29, 1.82) is 0 Å². The molecule has 3 heteroatoms. The number of benzene rings is 1. The molecule has 1 aromatic heterocycles. The zero-order valence-electron chi connectivity index (χ0n) is 7.24. The van der Waals surface area contributed by atoms with Gasteiger partial charge in [0.25, 0.3) is 0 Å². The van der Waals surface area contributed by atoms with E-state index in [0.717, 1.165) is 21.4 Å². The van der Waals surface area contributed by atoms with Crippen molar-refractivity contribution in [2.45, 2.75) is 18.2 Å². The van der Waals surface area contributed by atoms with Crippen LogP contribution in [0.4, 0.5) is 0 Å². The fraction of sp³-hybridized carbons (Fsp3) is 0.200. The molecule has 0 aliphatic rings. The molecule has 0 aliphatic carbocycles. The van der Waals surface area contributed by atoms with Gasteiger partial charge in [0.05, 0.1) is 4.70 Å². The van der Waals surface area contributed by atoms with Crippen LogP contribution in [0.3, 0.4) is 0 Å². The molecule has 1 N–H and O–H groups in total. The summed E-state index contributed by atoms with van der Waals surface area (Å²) in [5.41, 5.74) is 1.26. The van der Waals surface area contributed by atoms with Gasteiger partial charge in [-0.2, -0.15) is 0 Å². The first kappa shape index (κ1) is 8.91. The lowest BCUT2D eigenvalue weighted by atomic mass is 10.1. The second-order valence-electron chi connectivity index (χ2n) is 2.97. The molecule has 0 unspecified atom stereocenters. The Morgan fingerprint density at radius 3 is 2.85 bits per heavy atom. The third kappa shape index (κ3) is 1.54. The van der Waals surface area contributed by atoms with Gasteiger partial charge in [-0.3, -0.25) is 0 Å². The molecule has 0 bridgehead atoms. The Morgan fingerprint density at radius 1 is 1.38 bits per heavy atom. The molecule has 0 spiro atoms. The third-order valence-electron chi connectivity index (χ3n) is 2.05. The molecule has 2 aromatic rings. The lowest BCUT2D eigenvalue weighted by Gasteiger charge is -1.99. The molecule has 0 radical (unpaired) electrons. The molecule has 0 saturated heterocycles. The van der Waals surface area contributed by atoms with E-state index in [-0.39, 0.29) is 0 Å². The van der Waals surface area contributed by atoms with Crippen LogP contribution in [0.5, 0.6) is 5.06 Å². The molecule has 0 fully saturated rings. The predicted molar refractivity (Wildman–Crippen MR) is 60.1 cm³/mol. The van der Waals surface area contributed by atoms with Crippen LogP contribution in [0.15, 0.2) is 23.1 Å². The first-order chi connectivity index (χ1) is 6.20. The zero-order chi connectivity index (χ0) is 9.42. The summed E-state index contributed by atoms with van der Waals surface area (Å²) in [6, 6.07) is 5.95. The summed E-state index contributed by atoms with van der Waals surface area (Å²) in [4.78, 5) is 0.958. The van der Waals surface area contributed by atoms with Gasteiger partial charge in [-0.05, 0) is 29.5 Å². The summed E-state index contributed by atoms with van der Waals surface area (Å²) in [6.45, 7) is 2.11. The molecule has 0 aliphatic heterocycles. The van der Waals surface area contributed by atoms with E-state index in [2.05, 4.69) is 31.7 Å². The topological polar surface area (TPSA) is 20.2 Å². The average molecular weight is 210 g/mol. The summed E-state index contributed by atoms with van der Waals surface area (Å²) in [6.07, 6.45) is 1.00. The lowest BCUT2D eigenvalue weighted by Crippen LogP contribution is -1.79. The van der Waals surface area contributed by atoms with E-state index >= 15 is 0 Å². The number of hydrogen-bond donors (Lipinski definition) is 2. The minimum atomic E-state index is 0.360. The summed E-state index contributed by atoms with van der Waals surface area (Å²) >= 11 is 5.76. The van der Waals surface area contributed by atoms with E-state index in [0.29, 0.717) is 5.06 Å². The fourth-order valence-electron chi connectivity index (χ4n) is 1.39. The molecule has 0 amide bonds. The number of aromatic hydroxyl groups is 1. The summed E-state index contributed by atoms with van der Waals surface area (Å²) in [5.74, 6) is 0. The molecule has 68 valence electrons. The van der Waals surface area contributed by atoms with E-state index in [1.165, 1.54) is 16.9 Å². The highest BCUT2D eigenvalue weighted by molar-refractivity contribution is 7.80. The maximum absolute atomic E-state index is 9.33. The van der Waals surface area contributed by atoms with Crippen molar-refractivity contribution in [3.05, 3.63) is 23.8 Å². The van der Waals surface area contributed by atoms with Crippen molar-refractivity contribution >= 4 is 34.1 Å². The van der Waals surface area contributed by atoms with Gasteiger partial charge >= 0.3 is 0 Å². The Morgan fingerprint density at radius 2 is 2.15 bits per heavy atom. The van der Waals surface area contributed by atoms with Gasteiger partial charge in [-0.15, -0.1) is 12.6 Å². The Kier molecular flexibility index (Phi) is 2.22. The molecule has 2 rings (SSSR count). The standard InChI is InChI=1S/C10H10OS2/c1-2-6-3-7-5-9(11)13-10(7)8(12)4-6/h3-5,11-12H,2H2,1H3. The second kappa shape index (κ2) is 3.24. The van der Waals surface area contributed by atoms with Crippen LogP contribution in [0.25, 0.3) is 10.1 Å². The van der Waals surface area contributed by atoms with Crippen LogP contribution in [0.1, 0.15) is 12.5 Å². The van der Waals surface area contributed by atoms with Crippen LogP contribution < -0.4 is 0 Å². The SMILES string of the molecule is CCc1cc(S)c2sc(O)cc2c1. The maximum Gasteiger partial charge on any atom is 0.172 e. The first-order valence-electron chi connectivity index (χ1n) is 4.15. The molecule has 1 heterocycles. The Bertz CT molecular complexity index is 445. The average Bonchev–Trinajstić information content (AvgIpc) is 2.46. The van der Waals surface area contributed by atoms with Crippen LogP contribution in [-0.4, -0.2) is 5.11 Å². The van der Waals surface area contributed by atoms with E-state index in [4.69, 9.17) is 0 Å². The van der Waals surface area contributed by atoms with E-state index in [1.54, 1.807) is 6.07 Å². The van der Waals surface area contributed by atoms with Gasteiger partial charge in [-0.25, -0.2) is 0 Å². The minimum Gasteiger partial charge on any atom is -0.499 e. The minimum absolute atomic E-state index is 0.360. The Hall–Kier alpha value is -0.670. The number of fused-ring (bicyclic) bond motifs is 1. The lowest BCUT2D eigenvalue weighted by molar-refractivity contribution is 0.491. The van der Waals surface area contributed by atoms with Gasteiger partial charge in [-0.1, -0.05) is 24.3 Å². The van der Waals surface area contributed by atoms with E-state index in [1.807, 2.05) is 0 Å². The largest absolute Gasteiger partial charge is 0.499 e. The Balaban J connectivity index is 2.75. The maximum atomic E-state index is 9.33. The zero-order valence-corrected chi connectivity index (χ0v) is 8.95. The van der Waals surface area contributed by atoms with Crippen molar-refractivity contribution < 1.29 is 5.11 Å². The molecular formula is C10H10OS2. The molecule has 0 atom stereocenters. The molecular weight excluding hydrogens is 200 g/mol. The first-order valence-corrected chi connectivity index (χ1v) is 5.41. The summed E-state index contributed by atoms with van der Waals surface area (Å²) in [7, 11) is 0. The molecule has 1 aromatic carbocycles. The van der Waals surface area contributed by atoms with Crippen molar-refractivity contribution in [3.8, 4) is 5.06 Å². The highest BCUT2D eigenvalue weighted by Gasteiger charge is 2.04. The normalized spacial score (nSPS) is 10.9. The van der Waals surface area contributed by atoms with Gasteiger partial charge in [0.1, 0.15) is 0 Å². The van der Waals surface area contributed by atoms with Crippen LogP contribution in [0.2, 0.25) is 0 Å². The van der Waals surface area contributed by atoms with Crippen molar-refractivity contribution in [1.82, 2.24) is 0 Å². The smallest absolute Gasteiger partial charge is 0.172 e. The van der Waals surface area contributed by atoms with E-state index in [9.17, 15) is 5.11 Å². The monoisotopic (exact) mass is 210 g/mol. The van der Waals surface area contributed by atoms with Crippen LogP contribution in [-0.2, 0) is 6.42 Å².